The summed E-state index contributed by atoms with van der Waals surface area (Å²) in [6.07, 6.45) is 6.91. The first-order valence-corrected chi connectivity index (χ1v) is 5.82. The van der Waals surface area contributed by atoms with E-state index in [1.807, 2.05) is 13.8 Å². The SMILES string of the molecule is C#CC(C)(C)NCc1c(C(=O)OCC)cnn1C. The molecule has 0 spiro atoms. The van der Waals surface area contributed by atoms with Gasteiger partial charge >= 0.3 is 5.97 Å². The summed E-state index contributed by atoms with van der Waals surface area (Å²) >= 11 is 0. The van der Waals surface area contributed by atoms with Gasteiger partial charge in [0, 0.05) is 13.6 Å². The lowest BCUT2D eigenvalue weighted by Crippen LogP contribution is -2.37. The standard InChI is InChI=1S/C13H19N3O2/c1-6-13(3,4)14-9-11-10(8-15-16(11)5)12(17)18-7-2/h1,8,14H,7,9H2,2-5H3. The number of nitrogens with one attached hydrogen (secondary N) is 1. The zero-order valence-electron chi connectivity index (χ0n) is 11.3. The van der Waals surface area contributed by atoms with Crippen molar-refractivity contribution < 1.29 is 9.53 Å². The Labute approximate surface area is 108 Å². The largest absolute Gasteiger partial charge is 0.462 e. The zero-order valence-corrected chi connectivity index (χ0v) is 11.3. The molecule has 0 saturated heterocycles. The lowest BCUT2D eigenvalue weighted by molar-refractivity contribution is 0.0524. The van der Waals surface area contributed by atoms with E-state index >= 15 is 0 Å². The lowest BCUT2D eigenvalue weighted by atomic mass is 10.1. The molecule has 0 unspecified atom stereocenters. The van der Waals surface area contributed by atoms with E-state index < -0.39 is 5.54 Å². The van der Waals surface area contributed by atoms with Crippen molar-refractivity contribution in [1.82, 2.24) is 15.1 Å². The van der Waals surface area contributed by atoms with Gasteiger partial charge in [0.25, 0.3) is 0 Å². The maximum Gasteiger partial charge on any atom is 0.341 e. The van der Waals surface area contributed by atoms with Crippen molar-refractivity contribution in [2.45, 2.75) is 32.9 Å². The molecule has 0 radical (unpaired) electrons. The van der Waals surface area contributed by atoms with Crippen molar-refractivity contribution in [2.24, 2.45) is 7.05 Å². The molecule has 0 bridgehead atoms. The summed E-state index contributed by atoms with van der Waals surface area (Å²) in [5.41, 5.74) is 0.798. The highest BCUT2D eigenvalue weighted by molar-refractivity contribution is 5.90. The molecule has 0 fully saturated rings. The first kappa shape index (κ1) is 14.3. The minimum atomic E-state index is -0.434. The van der Waals surface area contributed by atoms with Gasteiger partial charge in [0.05, 0.1) is 24.0 Å². The van der Waals surface area contributed by atoms with E-state index in [0.29, 0.717) is 18.7 Å². The number of aromatic nitrogens is 2. The van der Waals surface area contributed by atoms with Gasteiger partial charge in [-0.05, 0) is 20.8 Å². The van der Waals surface area contributed by atoms with Crippen molar-refractivity contribution in [3.63, 3.8) is 0 Å². The molecule has 0 aliphatic heterocycles. The third-order valence-electron chi connectivity index (χ3n) is 2.62. The van der Waals surface area contributed by atoms with Crippen LogP contribution in [-0.2, 0) is 18.3 Å². The molecule has 5 heteroatoms. The molecule has 98 valence electrons. The number of hydrogen-bond donors (Lipinski definition) is 1. The smallest absolute Gasteiger partial charge is 0.341 e. The van der Waals surface area contributed by atoms with Crippen LogP contribution in [0.15, 0.2) is 6.20 Å². The predicted molar refractivity (Wildman–Crippen MR) is 68.9 cm³/mol. The molecule has 1 aromatic rings. The Morgan fingerprint density at radius 2 is 2.33 bits per heavy atom. The number of hydrogen-bond acceptors (Lipinski definition) is 4. The first-order valence-electron chi connectivity index (χ1n) is 5.82. The number of terminal acetylenes is 1. The molecule has 1 aromatic heterocycles. The van der Waals surface area contributed by atoms with Crippen LogP contribution in [-0.4, -0.2) is 27.9 Å². The van der Waals surface area contributed by atoms with E-state index in [-0.39, 0.29) is 5.97 Å². The second-order valence-corrected chi connectivity index (χ2v) is 4.47. The summed E-state index contributed by atoms with van der Waals surface area (Å²) < 4.78 is 6.62. The van der Waals surface area contributed by atoms with Gasteiger partial charge in [-0.2, -0.15) is 5.10 Å². The molecule has 18 heavy (non-hydrogen) atoms. The highest BCUT2D eigenvalue weighted by atomic mass is 16.5. The van der Waals surface area contributed by atoms with Crippen molar-refractivity contribution in [3.8, 4) is 12.3 Å². The van der Waals surface area contributed by atoms with E-state index in [0.717, 1.165) is 5.69 Å². The van der Waals surface area contributed by atoms with Crippen LogP contribution in [0.25, 0.3) is 0 Å². The quantitative estimate of drug-likeness (QED) is 0.627. The number of rotatable bonds is 5. The van der Waals surface area contributed by atoms with E-state index in [9.17, 15) is 4.79 Å². The third kappa shape index (κ3) is 3.34. The van der Waals surface area contributed by atoms with Crippen LogP contribution in [0.2, 0.25) is 0 Å². The van der Waals surface area contributed by atoms with Crippen LogP contribution < -0.4 is 5.32 Å². The zero-order chi connectivity index (χ0) is 13.8. The van der Waals surface area contributed by atoms with Gasteiger partial charge in [0.15, 0.2) is 0 Å². The summed E-state index contributed by atoms with van der Waals surface area (Å²) in [5.74, 6) is 2.28. The summed E-state index contributed by atoms with van der Waals surface area (Å²) in [7, 11) is 1.78. The molecule has 5 nitrogen and oxygen atoms in total. The lowest BCUT2D eigenvalue weighted by Gasteiger charge is -2.19. The van der Waals surface area contributed by atoms with Crippen molar-refractivity contribution in [3.05, 3.63) is 17.5 Å². The Morgan fingerprint density at radius 1 is 1.67 bits per heavy atom. The monoisotopic (exact) mass is 249 g/mol. The van der Waals surface area contributed by atoms with Crippen LogP contribution in [0.1, 0.15) is 36.8 Å². The van der Waals surface area contributed by atoms with Crippen molar-refractivity contribution in [2.75, 3.05) is 6.61 Å². The molecule has 1 N–H and O–H groups in total. The average molecular weight is 249 g/mol. The third-order valence-corrected chi connectivity index (χ3v) is 2.62. The Bertz CT molecular complexity index is 469. The second kappa shape index (κ2) is 5.69. The fourth-order valence-corrected chi connectivity index (χ4v) is 1.41. The number of esters is 1. The number of ether oxygens (including phenoxy) is 1. The van der Waals surface area contributed by atoms with Crippen molar-refractivity contribution >= 4 is 5.97 Å². The minimum Gasteiger partial charge on any atom is -0.462 e. The van der Waals surface area contributed by atoms with Crippen molar-refractivity contribution in [1.29, 1.82) is 0 Å². The van der Waals surface area contributed by atoms with Gasteiger partial charge in [-0.1, -0.05) is 5.92 Å². The average Bonchev–Trinajstić information content (AvgIpc) is 2.68. The number of nitrogens with zero attached hydrogens (tertiary/aromatic N) is 2. The van der Waals surface area contributed by atoms with Gasteiger partial charge in [-0.25, -0.2) is 4.79 Å². The molecule has 0 aromatic carbocycles. The van der Waals surface area contributed by atoms with Crippen LogP contribution in [0.5, 0.6) is 0 Å². The van der Waals surface area contributed by atoms with Crippen LogP contribution in [0.3, 0.4) is 0 Å². The summed E-state index contributed by atoms with van der Waals surface area (Å²) in [6, 6.07) is 0. The summed E-state index contributed by atoms with van der Waals surface area (Å²) in [4.78, 5) is 11.7. The predicted octanol–water partition coefficient (Wildman–Crippen LogP) is 1.10. The normalized spacial score (nSPS) is 11.1. The Morgan fingerprint density at radius 3 is 2.89 bits per heavy atom. The van der Waals surface area contributed by atoms with E-state index in [1.54, 1.807) is 18.7 Å². The molecule has 0 amide bonds. The van der Waals surface area contributed by atoms with Gasteiger partial charge < -0.3 is 4.74 Å². The summed E-state index contributed by atoms with van der Waals surface area (Å²) in [6.45, 7) is 6.37. The van der Waals surface area contributed by atoms with Gasteiger partial charge in [-0.15, -0.1) is 6.42 Å². The Balaban J connectivity index is 2.86. The number of aryl methyl sites for hydroxylation is 1. The fraction of sp³-hybridized carbons (Fsp3) is 0.538. The molecule has 1 rings (SSSR count). The number of carbonyl (C=O) groups is 1. The second-order valence-electron chi connectivity index (χ2n) is 4.47. The highest BCUT2D eigenvalue weighted by Gasteiger charge is 2.19. The Kier molecular flexibility index (Phi) is 4.51. The fourth-order valence-electron chi connectivity index (χ4n) is 1.41. The molecule has 0 saturated carbocycles. The van der Waals surface area contributed by atoms with Crippen LogP contribution in [0, 0.1) is 12.3 Å². The van der Waals surface area contributed by atoms with E-state index in [2.05, 4.69) is 16.3 Å². The van der Waals surface area contributed by atoms with Gasteiger partial charge in [0.2, 0.25) is 0 Å². The van der Waals surface area contributed by atoms with Crippen LogP contribution >= 0.6 is 0 Å². The maximum absolute atomic E-state index is 11.7. The molecular weight excluding hydrogens is 230 g/mol. The molecule has 0 atom stereocenters. The van der Waals surface area contributed by atoms with Gasteiger partial charge in [-0.3, -0.25) is 10.00 Å². The van der Waals surface area contributed by atoms with E-state index in [1.165, 1.54) is 6.20 Å². The summed E-state index contributed by atoms with van der Waals surface area (Å²) in [5, 5.41) is 7.26. The molecule has 1 heterocycles. The molecule has 0 aliphatic rings. The minimum absolute atomic E-state index is 0.344. The topological polar surface area (TPSA) is 56.1 Å². The number of carbonyl (C=O) groups excluding carboxylic acids is 1. The van der Waals surface area contributed by atoms with Gasteiger partial charge in [0.1, 0.15) is 5.56 Å². The van der Waals surface area contributed by atoms with E-state index in [4.69, 9.17) is 11.2 Å². The highest BCUT2D eigenvalue weighted by Crippen LogP contribution is 2.11. The first-order chi connectivity index (χ1) is 8.41. The molecular formula is C13H19N3O2. The molecule has 0 aliphatic carbocycles. The Hall–Kier alpha value is -1.80. The van der Waals surface area contributed by atoms with Crippen LogP contribution in [0.4, 0.5) is 0 Å². The maximum atomic E-state index is 11.7.